The number of hydrogen-bond donors (Lipinski definition) is 1. The predicted octanol–water partition coefficient (Wildman–Crippen LogP) is 3.84. The van der Waals surface area contributed by atoms with Gasteiger partial charge in [0, 0.05) is 16.0 Å². The molecule has 1 aromatic carbocycles. The van der Waals surface area contributed by atoms with Crippen LogP contribution in [0.1, 0.15) is 32.0 Å². The summed E-state index contributed by atoms with van der Waals surface area (Å²) in [5.74, 6) is 0.112. The largest absolute Gasteiger partial charge is 0.338 e. The second-order valence-corrected chi connectivity index (χ2v) is 8.38. The third kappa shape index (κ3) is 3.65. The summed E-state index contributed by atoms with van der Waals surface area (Å²) in [4.78, 5) is 0.178. The summed E-state index contributed by atoms with van der Waals surface area (Å²) >= 11 is 3.34. The molecule has 0 spiro atoms. The Labute approximate surface area is 132 Å². The summed E-state index contributed by atoms with van der Waals surface area (Å²) in [6.45, 7) is 7.75. The number of benzene rings is 1. The lowest BCUT2D eigenvalue weighted by molar-refractivity contribution is 0.405. The van der Waals surface area contributed by atoms with Gasteiger partial charge in [-0.1, -0.05) is 41.9 Å². The SMILES string of the molecule is Cc1cc(S(=O)(=O)Nc2cc(C(C)(C)C)no2)ccc1Br. The molecule has 0 aliphatic rings. The van der Waals surface area contributed by atoms with E-state index in [0.29, 0.717) is 5.69 Å². The van der Waals surface area contributed by atoms with Crippen LogP contribution in [0.15, 0.2) is 38.2 Å². The maximum Gasteiger partial charge on any atom is 0.264 e. The Morgan fingerprint density at radius 3 is 2.43 bits per heavy atom. The molecular formula is C14H17BrN2O3S. The standard InChI is InChI=1S/C14H17BrN2O3S/c1-9-7-10(5-6-11(9)15)21(18,19)17-13-8-12(16-20-13)14(2,3)4/h5-8,17H,1-4H3. The number of nitrogens with one attached hydrogen (secondary N) is 1. The lowest BCUT2D eigenvalue weighted by atomic mass is 9.92. The van der Waals surface area contributed by atoms with Crippen molar-refractivity contribution in [2.24, 2.45) is 0 Å². The Morgan fingerprint density at radius 2 is 1.90 bits per heavy atom. The average molecular weight is 373 g/mol. The van der Waals surface area contributed by atoms with Gasteiger partial charge in [-0.05, 0) is 30.7 Å². The van der Waals surface area contributed by atoms with Crippen LogP contribution in [0.4, 0.5) is 5.88 Å². The molecule has 0 saturated carbocycles. The molecule has 0 aliphatic carbocycles. The fraction of sp³-hybridized carbons (Fsp3) is 0.357. The quantitative estimate of drug-likeness (QED) is 0.887. The van der Waals surface area contributed by atoms with Gasteiger partial charge in [0.1, 0.15) is 0 Å². The van der Waals surface area contributed by atoms with Crippen molar-refractivity contribution < 1.29 is 12.9 Å². The minimum absolute atomic E-state index is 0.112. The Hall–Kier alpha value is -1.34. The van der Waals surface area contributed by atoms with Gasteiger partial charge in [0.25, 0.3) is 10.0 Å². The number of halogens is 1. The van der Waals surface area contributed by atoms with Crippen molar-refractivity contribution in [3.63, 3.8) is 0 Å². The van der Waals surface area contributed by atoms with Crippen molar-refractivity contribution in [1.29, 1.82) is 0 Å². The molecule has 0 atom stereocenters. The fourth-order valence-electron chi connectivity index (χ4n) is 1.65. The topological polar surface area (TPSA) is 72.2 Å². The first-order valence-corrected chi connectivity index (χ1v) is 8.63. The van der Waals surface area contributed by atoms with Crippen molar-refractivity contribution in [2.75, 3.05) is 4.72 Å². The minimum Gasteiger partial charge on any atom is -0.338 e. The third-order valence-electron chi connectivity index (χ3n) is 2.95. The Kier molecular flexibility index (Phi) is 4.17. The van der Waals surface area contributed by atoms with Crippen molar-refractivity contribution in [3.8, 4) is 0 Å². The van der Waals surface area contributed by atoms with Crippen LogP contribution in [-0.4, -0.2) is 13.6 Å². The monoisotopic (exact) mass is 372 g/mol. The van der Waals surface area contributed by atoms with Crippen LogP contribution in [0.3, 0.4) is 0 Å². The van der Waals surface area contributed by atoms with E-state index in [4.69, 9.17) is 4.52 Å². The molecule has 0 aliphatic heterocycles. The number of anilines is 1. The van der Waals surface area contributed by atoms with E-state index in [0.717, 1.165) is 10.0 Å². The smallest absolute Gasteiger partial charge is 0.264 e. The average Bonchev–Trinajstić information content (AvgIpc) is 2.80. The first-order valence-electron chi connectivity index (χ1n) is 6.36. The lowest BCUT2D eigenvalue weighted by Gasteiger charge is -2.12. The summed E-state index contributed by atoms with van der Waals surface area (Å²) in [5.41, 5.74) is 1.32. The molecule has 114 valence electrons. The molecule has 0 amide bonds. The highest BCUT2D eigenvalue weighted by Gasteiger charge is 2.22. The summed E-state index contributed by atoms with van der Waals surface area (Å²) in [7, 11) is -3.69. The molecule has 0 bridgehead atoms. The van der Waals surface area contributed by atoms with Crippen LogP contribution >= 0.6 is 15.9 Å². The first kappa shape index (κ1) is 16.0. The van der Waals surface area contributed by atoms with Gasteiger partial charge in [-0.3, -0.25) is 0 Å². The molecule has 5 nitrogen and oxygen atoms in total. The lowest BCUT2D eigenvalue weighted by Crippen LogP contribution is -2.13. The van der Waals surface area contributed by atoms with E-state index in [1.54, 1.807) is 18.2 Å². The van der Waals surface area contributed by atoms with E-state index >= 15 is 0 Å². The minimum atomic E-state index is -3.69. The number of rotatable bonds is 3. The molecular weight excluding hydrogens is 356 g/mol. The van der Waals surface area contributed by atoms with Crippen LogP contribution in [-0.2, 0) is 15.4 Å². The zero-order valence-corrected chi connectivity index (χ0v) is 14.7. The zero-order valence-electron chi connectivity index (χ0n) is 12.3. The highest BCUT2D eigenvalue weighted by molar-refractivity contribution is 9.10. The van der Waals surface area contributed by atoms with Crippen LogP contribution in [0, 0.1) is 6.92 Å². The van der Waals surface area contributed by atoms with E-state index in [-0.39, 0.29) is 16.2 Å². The second-order valence-electron chi connectivity index (χ2n) is 5.84. The summed E-state index contributed by atoms with van der Waals surface area (Å²) in [6, 6.07) is 6.42. The van der Waals surface area contributed by atoms with E-state index in [9.17, 15) is 8.42 Å². The first-order chi connectivity index (χ1) is 9.59. The maximum atomic E-state index is 12.3. The second kappa shape index (κ2) is 5.46. The van der Waals surface area contributed by atoms with Crippen LogP contribution in [0.2, 0.25) is 0 Å². The number of hydrogen-bond acceptors (Lipinski definition) is 4. The normalized spacial score (nSPS) is 12.4. The summed E-state index contributed by atoms with van der Waals surface area (Å²) in [6.07, 6.45) is 0. The molecule has 2 rings (SSSR count). The van der Waals surface area contributed by atoms with Gasteiger partial charge in [-0.15, -0.1) is 0 Å². The van der Waals surface area contributed by atoms with Gasteiger partial charge in [-0.2, -0.15) is 0 Å². The number of aromatic nitrogens is 1. The van der Waals surface area contributed by atoms with Crippen LogP contribution in [0.25, 0.3) is 0 Å². The fourth-order valence-corrected chi connectivity index (χ4v) is 2.96. The molecule has 1 heterocycles. The molecule has 0 saturated heterocycles. The van der Waals surface area contributed by atoms with Crippen molar-refractivity contribution in [3.05, 3.63) is 40.0 Å². The van der Waals surface area contributed by atoms with Crippen LogP contribution in [0.5, 0.6) is 0 Å². The number of nitrogens with zero attached hydrogens (tertiary/aromatic N) is 1. The molecule has 0 unspecified atom stereocenters. The maximum absolute atomic E-state index is 12.3. The molecule has 7 heteroatoms. The Bertz CT molecular complexity index is 761. The van der Waals surface area contributed by atoms with E-state index in [2.05, 4.69) is 25.8 Å². The van der Waals surface area contributed by atoms with Crippen LogP contribution < -0.4 is 4.72 Å². The van der Waals surface area contributed by atoms with Gasteiger partial charge < -0.3 is 4.52 Å². The molecule has 1 N–H and O–H groups in total. The van der Waals surface area contributed by atoms with Crippen molar-refractivity contribution in [2.45, 2.75) is 38.0 Å². The summed E-state index contributed by atoms with van der Waals surface area (Å²) < 4.78 is 32.9. The number of sulfonamides is 1. The van der Waals surface area contributed by atoms with Crippen molar-refractivity contribution >= 4 is 31.8 Å². The molecule has 0 radical (unpaired) electrons. The predicted molar refractivity (Wildman–Crippen MR) is 84.9 cm³/mol. The van der Waals surface area contributed by atoms with E-state index in [1.165, 1.54) is 6.07 Å². The number of aryl methyl sites for hydroxylation is 1. The van der Waals surface area contributed by atoms with E-state index in [1.807, 2.05) is 27.7 Å². The van der Waals surface area contributed by atoms with E-state index < -0.39 is 10.0 Å². The molecule has 2 aromatic rings. The Balaban J connectivity index is 2.29. The van der Waals surface area contributed by atoms with Gasteiger partial charge in [0.15, 0.2) is 0 Å². The molecule has 21 heavy (non-hydrogen) atoms. The van der Waals surface area contributed by atoms with Gasteiger partial charge in [0.2, 0.25) is 5.88 Å². The highest BCUT2D eigenvalue weighted by atomic mass is 79.9. The Morgan fingerprint density at radius 1 is 1.24 bits per heavy atom. The molecule has 1 aromatic heterocycles. The van der Waals surface area contributed by atoms with Gasteiger partial charge in [-0.25, -0.2) is 13.1 Å². The van der Waals surface area contributed by atoms with Gasteiger partial charge >= 0.3 is 0 Å². The third-order valence-corrected chi connectivity index (χ3v) is 5.19. The highest BCUT2D eigenvalue weighted by Crippen LogP contribution is 2.26. The molecule has 0 fully saturated rings. The zero-order chi connectivity index (χ0) is 15.8. The van der Waals surface area contributed by atoms with Crippen molar-refractivity contribution in [1.82, 2.24) is 5.16 Å². The summed E-state index contributed by atoms with van der Waals surface area (Å²) in [5, 5.41) is 3.89. The van der Waals surface area contributed by atoms with Gasteiger partial charge in [0.05, 0.1) is 10.6 Å².